The highest BCUT2D eigenvalue weighted by Crippen LogP contribution is 2.29. The molecular weight excluding hydrogens is 240 g/mol. The van der Waals surface area contributed by atoms with Gasteiger partial charge in [0, 0.05) is 6.42 Å². The second-order valence-electron chi connectivity index (χ2n) is 4.76. The average Bonchev–Trinajstić information content (AvgIpc) is 2.43. The molecule has 1 aliphatic heterocycles. The maximum atomic E-state index is 9.49. The van der Waals surface area contributed by atoms with Gasteiger partial charge in [0.2, 0.25) is 6.29 Å². The Morgan fingerprint density at radius 1 is 1.21 bits per heavy atom. The summed E-state index contributed by atoms with van der Waals surface area (Å²) in [5.74, 6) is 1.90. The van der Waals surface area contributed by atoms with E-state index in [4.69, 9.17) is 9.47 Å². The lowest BCUT2D eigenvalue weighted by molar-refractivity contribution is -0.00985. The quantitative estimate of drug-likeness (QED) is 0.894. The van der Waals surface area contributed by atoms with Gasteiger partial charge in [-0.2, -0.15) is 0 Å². The van der Waals surface area contributed by atoms with Crippen LogP contribution in [0.25, 0.3) is 0 Å². The van der Waals surface area contributed by atoms with Gasteiger partial charge in [-0.1, -0.05) is 18.2 Å². The molecule has 0 bridgehead atoms. The highest BCUT2D eigenvalue weighted by atomic mass is 16.7. The first kappa shape index (κ1) is 11.9. The van der Waals surface area contributed by atoms with Crippen molar-refractivity contribution in [2.75, 3.05) is 0 Å². The molecule has 3 nitrogen and oxygen atoms in total. The van der Waals surface area contributed by atoms with Gasteiger partial charge in [0.15, 0.2) is 0 Å². The number of para-hydroxylation sites is 1. The van der Waals surface area contributed by atoms with Crippen LogP contribution in [-0.2, 0) is 6.42 Å². The van der Waals surface area contributed by atoms with Gasteiger partial charge in [-0.3, -0.25) is 0 Å². The van der Waals surface area contributed by atoms with Crippen LogP contribution in [0.5, 0.6) is 17.2 Å². The van der Waals surface area contributed by atoms with Crippen molar-refractivity contribution in [3.05, 3.63) is 53.6 Å². The third kappa shape index (κ3) is 2.50. The fraction of sp³-hybridized carbons (Fsp3) is 0.250. The van der Waals surface area contributed by atoms with Gasteiger partial charge >= 0.3 is 0 Å². The highest BCUT2D eigenvalue weighted by Gasteiger charge is 2.20. The van der Waals surface area contributed by atoms with Crippen molar-refractivity contribution in [2.24, 2.45) is 0 Å². The van der Waals surface area contributed by atoms with Crippen LogP contribution in [0, 0.1) is 6.92 Å². The molecule has 0 aromatic heterocycles. The first-order valence-corrected chi connectivity index (χ1v) is 6.43. The van der Waals surface area contributed by atoms with E-state index in [1.807, 2.05) is 31.2 Å². The van der Waals surface area contributed by atoms with E-state index in [-0.39, 0.29) is 12.0 Å². The van der Waals surface area contributed by atoms with E-state index in [1.165, 1.54) is 5.56 Å². The molecule has 1 N–H and O–H groups in total. The van der Waals surface area contributed by atoms with E-state index in [2.05, 4.69) is 6.07 Å². The summed E-state index contributed by atoms with van der Waals surface area (Å²) in [7, 11) is 0. The molecule has 2 aromatic carbocycles. The van der Waals surface area contributed by atoms with Crippen LogP contribution >= 0.6 is 0 Å². The Labute approximate surface area is 112 Å². The number of phenols is 1. The molecule has 1 heterocycles. The Bertz CT molecular complexity index is 592. The Balaban J connectivity index is 1.73. The van der Waals surface area contributed by atoms with Crippen LogP contribution in [0.3, 0.4) is 0 Å². The lowest BCUT2D eigenvalue weighted by Crippen LogP contribution is -2.28. The molecule has 0 spiro atoms. The van der Waals surface area contributed by atoms with Crippen LogP contribution < -0.4 is 9.47 Å². The Morgan fingerprint density at radius 3 is 2.89 bits per heavy atom. The van der Waals surface area contributed by atoms with E-state index in [1.54, 1.807) is 12.1 Å². The van der Waals surface area contributed by atoms with Crippen LogP contribution in [0.15, 0.2) is 42.5 Å². The first-order valence-electron chi connectivity index (χ1n) is 6.43. The zero-order valence-corrected chi connectivity index (χ0v) is 10.8. The van der Waals surface area contributed by atoms with E-state index >= 15 is 0 Å². The topological polar surface area (TPSA) is 38.7 Å². The summed E-state index contributed by atoms with van der Waals surface area (Å²) >= 11 is 0. The number of fused-ring (bicyclic) bond motifs is 1. The van der Waals surface area contributed by atoms with Crippen molar-refractivity contribution in [3.63, 3.8) is 0 Å². The second-order valence-corrected chi connectivity index (χ2v) is 4.76. The average molecular weight is 256 g/mol. The van der Waals surface area contributed by atoms with E-state index in [0.29, 0.717) is 0 Å². The Kier molecular flexibility index (Phi) is 3.03. The minimum atomic E-state index is -0.265. The molecule has 0 saturated heterocycles. The number of rotatable bonds is 2. The normalized spacial score (nSPS) is 17.4. The molecule has 2 aromatic rings. The van der Waals surface area contributed by atoms with Gasteiger partial charge in [0.25, 0.3) is 0 Å². The van der Waals surface area contributed by atoms with Crippen molar-refractivity contribution in [3.8, 4) is 17.2 Å². The van der Waals surface area contributed by atoms with Gasteiger partial charge in [0.05, 0.1) is 0 Å². The summed E-state index contributed by atoms with van der Waals surface area (Å²) in [5, 5.41) is 9.49. The van der Waals surface area contributed by atoms with E-state index in [0.717, 1.165) is 29.9 Å². The zero-order chi connectivity index (χ0) is 13.2. The van der Waals surface area contributed by atoms with Gasteiger partial charge in [-0.25, -0.2) is 0 Å². The largest absolute Gasteiger partial charge is 0.508 e. The van der Waals surface area contributed by atoms with Crippen molar-refractivity contribution in [1.29, 1.82) is 0 Å². The highest BCUT2D eigenvalue weighted by molar-refractivity contribution is 5.39. The van der Waals surface area contributed by atoms with E-state index in [9.17, 15) is 5.11 Å². The van der Waals surface area contributed by atoms with Gasteiger partial charge in [0.1, 0.15) is 17.2 Å². The Hall–Kier alpha value is -2.16. The summed E-state index contributed by atoms with van der Waals surface area (Å²) < 4.78 is 11.6. The minimum absolute atomic E-state index is 0.265. The molecule has 0 amide bonds. The molecule has 0 saturated carbocycles. The molecule has 1 aliphatic rings. The lowest BCUT2D eigenvalue weighted by atomic mass is 10.1. The summed E-state index contributed by atoms with van der Waals surface area (Å²) in [6.45, 7) is 1.85. The number of hydrogen-bond donors (Lipinski definition) is 1. The predicted molar refractivity (Wildman–Crippen MR) is 72.7 cm³/mol. The number of hydrogen-bond acceptors (Lipinski definition) is 3. The molecule has 0 fully saturated rings. The fourth-order valence-electron chi connectivity index (χ4n) is 2.24. The number of benzene rings is 2. The maximum Gasteiger partial charge on any atom is 0.241 e. The molecule has 0 aliphatic carbocycles. The standard InChI is InChI=1S/C16H16O3/c1-11-10-13(7-8-14(11)17)18-16-9-6-12-4-2-3-5-15(12)19-16/h2-5,7-8,10,16-17H,6,9H2,1H3/t16-/m0/s1. The smallest absolute Gasteiger partial charge is 0.241 e. The van der Waals surface area contributed by atoms with Crippen LogP contribution in [-0.4, -0.2) is 11.4 Å². The lowest BCUT2D eigenvalue weighted by Gasteiger charge is -2.26. The molecule has 3 heteroatoms. The number of phenolic OH excluding ortho intramolecular Hbond substituents is 1. The SMILES string of the molecule is Cc1cc(O[C@@H]2CCc3ccccc3O2)ccc1O. The summed E-state index contributed by atoms with van der Waals surface area (Å²) in [4.78, 5) is 0. The molecule has 3 rings (SSSR count). The minimum Gasteiger partial charge on any atom is -0.508 e. The fourth-order valence-corrected chi connectivity index (χ4v) is 2.24. The molecule has 19 heavy (non-hydrogen) atoms. The van der Waals surface area contributed by atoms with Gasteiger partial charge in [-0.05, 0) is 48.7 Å². The molecule has 0 radical (unpaired) electrons. The summed E-state index contributed by atoms with van der Waals surface area (Å²) in [6, 6.07) is 13.2. The van der Waals surface area contributed by atoms with Crippen molar-refractivity contribution in [2.45, 2.75) is 26.1 Å². The third-order valence-corrected chi connectivity index (χ3v) is 3.32. The number of ether oxygens (including phenoxy) is 2. The van der Waals surface area contributed by atoms with Crippen LogP contribution in [0.2, 0.25) is 0 Å². The van der Waals surface area contributed by atoms with Gasteiger partial charge < -0.3 is 14.6 Å². The summed E-state index contributed by atoms with van der Waals surface area (Å²) in [6.07, 6.45) is 1.52. The monoisotopic (exact) mass is 256 g/mol. The summed E-state index contributed by atoms with van der Waals surface area (Å²) in [5.41, 5.74) is 2.03. The van der Waals surface area contributed by atoms with Crippen LogP contribution in [0.1, 0.15) is 17.5 Å². The van der Waals surface area contributed by atoms with E-state index < -0.39 is 0 Å². The van der Waals surface area contributed by atoms with Crippen molar-refractivity contribution >= 4 is 0 Å². The van der Waals surface area contributed by atoms with Crippen molar-refractivity contribution in [1.82, 2.24) is 0 Å². The van der Waals surface area contributed by atoms with Crippen LogP contribution in [0.4, 0.5) is 0 Å². The molecular formula is C16H16O3. The second kappa shape index (κ2) is 4.84. The first-order chi connectivity index (χ1) is 9.22. The molecule has 98 valence electrons. The zero-order valence-electron chi connectivity index (χ0n) is 10.8. The Morgan fingerprint density at radius 2 is 2.05 bits per heavy atom. The third-order valence-electron chi connectivity index (χ3n) is 3.32. The number of aromatic hydroxyl groups is 1. The maximum absolute atomic E-state index is 9.49. The number of aryl methyl sites for hydroxylation is 2. The predicted octanol–water partition coefficient (Wildman–Crippen LogP) is 3.43. The molecule has 1 atom stereocenters. The van der Waals surface area contributed by atoms with Gasteiger partial charge in [-0.15, -0.1) is 0 Å². The molecule has 0 unspecified atom stereocenters. The van der Waals surface area contributed by atoms with Crippen molar-refractivity contribution < 1.29 is 14.6 Å².